The highest BCUT2D eigenvalue weighted by atomic mass is 35.5. The number of fused-ring (bicyclic) bond motifs is 3. The second-order valence-electron chi connectivity index (χ2n) is 5.89. The van der Waals surface area contributed by atoms with Gasteiger partial charge in [-0.3, -0.25) is 0 Å². The van der Waals surface area contributed by atoms with E-state index in [9.17, 15) is 17.6 Å². The number of anilines is 1. The number of rotatable bonds is 1. The number of aromatic nitrogens is 4. The molecule has 0 atom stereocenters. The molecular formula is C15H15ClF4N6. The summed E-state index contributed by atoms with van der Waals surface area (Å²) in [6.07, 6.45) is -4.79. The first-order valence-electron chi connectivity index (χ1n) is 7.74. The van der Waals surface area contributed by atoms with Crippen molar-refractivity contribution in [1.82, 2.24) is 24.9 Å². The van der Waals surface area contributed by atoms with Crippen molar-refractivity contribution in [3.63, 3.8) is 0 Å². The van der Waals surface area contributed by atoms with Crippen LogP contribution in [0.25, 0.3) is 16.6 Å². The van der Waals surface area contributed by atoms with Crippen molar-refractivity contribution in [1.29, 1.82) is 0 Å². The highest BCUT2D eigenvalue weighted by molar-refractivity contribution is 5.93. The number of aryl methyl sites for hydroxylation is 1. The van der Waals surface area contributed by atoms with Crippen LogP contribution in [-0.2, 0) is 6.18 Å². The molecule has 1 saturated heterocycles. The molecule has 0 unspecified atom stereocenters. The Morgan fingerprint density at radius 3 is 2.46 bits per heavy atom. The van der Waals surface area contributed by atoms with E-state index in [0.717, 1.165) is 25.2 Å². The van der Waals surface area contributed by atoms with Gasteiger partial charge in [-0.2, -0.15) is 17.7 Å². The maximum absolute atomic E-state index is 14.0. The molecule has 1 aliphatic heterocycles. The van der Waals surface area contributed by atoms with Gasteiger partial charge in [0.25, 0.3) is 0 Å². The summed E-state index contributed by atoms with van der Waals surface area (Å²) in [6.45, 7) is 4.46. The van der Waals surface area contributed by atoms with E-state index in [1.54, 1.807) is 6.92 Å². The van der Waals surface area contributed by atoms with Crippen LogP contribution < -0.4 is 10.2 Å². The molecule has 3 aromatic rings. The number of alkyl halides is 3. The molecule has 6 nitrogen and oxygen atoms in total. The van der Waals surface area contributed by atoms with E-state index in [0.29, 0.717) is 24.9 Å². The highest BCUT2D eigenvalue weighted by Crippen LogP contribution is 2.35. The van der Waals surface area contributed by atoms with Crippen LogP contribution in [-0.4, -0.2) is 45.8 Å². The topological polar surface area (TPSA) is 58.4 Å². The second kappa shape index (κ2) is 6.51. The molecule has 0 saturated carbocycles. The van der Waals surface area contributed by atoms with Gasteiger partial charge in [-0.1, -0.05) is 0 Å². The Bertz CT molecular complexity index is 964. The molecule has 4 rings (SSSR count). The minimum Gasteiger partial charge on any atom is -0.338 e. The molecule has 0 spiro atoms. The van der Waals surface area contributed by atoms with Gasteiger partial charge in [0.15, 0.2) is 5.65 Å². The summed E-state index contributed by atoms with van der Waals surface area (Å²) in [5.74, 6) is -0.494. The zero-order valence-electron chi connectivity index (χ0n) is 13.6. The summed E-state index contributed by atoms with van der Waals surface area (Å²) in [5.41, 5.74) is -0.972. The minimum absolute atomic E-state index is 0. The van der Waals surface area contributed by atoms with Crippen LogP contribution in [0, 0.1) is 12.7 Å². The minimum atomic E-state index is -4.79. The van der Waals surface area contributed by atoms with Crippen LogP contribution in [0.5, 0.6) is 0 Å². The molecule has 1 fully saturated rings. The van der Waals surface area contributed by atoms with Crippen molar-refractivity contribution in [3.8, 4) is 0 Å². The highest BCUT2D eigenvalue weighted by Gasteiger charge is 2.35. The van der Waals surface area contributed by atoms with Crippen molar-refractivity contribution >= 4 is 34.9 Å². The Labute approximate surface area is 151 Å². The molecule has 11 heteroatoms. The fourth-order valence-corrected chi connectivity index (χ4v) is 3.01. The van der Waals surface area contributed by atoms with E-state index >= 15 is 0 Å². The van der Waals surface area contributed by atoms with E-state index in [4.69, 9.17) is 0 Å². The Balaban J connectivity index is 0.00000196. The van der Waals surface area contributed by atoms with Gasteiger partial charge in [-0.25, -0.2) is 14.4 Å². The van der Waals surface area contributed by atoms with Crippen molar-refractivity contribution in [2.24, 2.45) is 0 Å². The number of piperazine rings is 1. The number of nitrogens with one attached hydrogen (secondary N) is 1. The first kappa shape index (κ1) is 18.6. The maximum atomic E-state index is 14.0. The number of nitrogens with zero attached hydrogens (tertiary/aromatic N) is 5. The molecule has 0 radical (unpaired) electrons. The van der Waals surface area contributed by atoms with E-state index in [2.05, 4.69) is 20.4 Å². The molecule has 2 aromatic heterocycles. The lowest BCUT2D eigenvalue weighted by Gasteiger charge is -2.28. The van der Waals surface area contributed by atoms with Gasteiger partial charge in [0.05, 0.1) is 11.1 Å². The lowest BCUT2D eigenvalue weighted by molar-refractivity contribution is -0.139. The van der Waals surface area contributed by atoms with Gasteiger partial charge < -0.3 is 10.2 Å². The van der Waals surface area contributed by atoms with Crippen molar-refractivity contribution < 1.29 is 17.6 Å². The fraction of sp³-hybridized carbons (Fsp3) is 0.400. The van der Waals surface area contributed by atoms with Crippen molar-refractivity contribution in [3.05, 3.63) is 29.3 Å². The Morgan fingerprint density at radius 1 is 1.12 bits per heavy atom. The van der Waals surface area contributed by atoms with Crippen LogP contribution in [0.1, 0.15) is 11.4 Å². The lowest BCUT2D eigenvalue weighted by Crippen LogP contribution is -2.44. The summed E-state index contributed by atoms with van der Waals surface area (Å²) >= 11 is 0. The number of hydrogen-bond acceptors (Lipinski definition) is 5. The van der Waals surface area contributed by atoms with Crippen LogP contribution >= 0.6 is 12.4 Å². The number of benzene rings is 1. The lowest BCUT2D eigenvalue weighted by atomic mass is 10.1. The van der Waals surface area contributed by atoms with Gasteiger partial charge in [-0.05, 0) is 13.0 Å². The maximum Gasteiger partial charge on any atom is 0.419 e. The predicted molar refractivity (Wildman–Crippen MR) is 90.3 cm³/mol. The van der Waals surface area contributed by atoms with E-state index in [1.807, 2.05) is 4.90 Å². The van der Waals surface area contributed by atoms with E-state index in [1.165, 1.54) is 4.52 Å². The normalized spacial score (nSPS) is 15.5. The van der Waals surface area contributed by atoms with Crippen LogP contribution in [0.2, 0.25) is 0 Å². The Kier molecular flexibility index (Phi) is 4.65. The third-order valence-corrected chi connectivity index (χ3v) is 4.15. The first-order valence-corrected chi connectivity index (χ1v) is 7.74. The molecule has 1 N–H and O–H groups in total. The average molecular weight is 391 g/mol. The van der Waals surface area contributed by atoms with Crippen LogP contribution in [0.4, 0.5) is 23.5 Å². The quantitative estimate of drug-likeness (QED) is 0.647. The van der Waals surface area contributed by atoms with Gasteiger partial charge >= 0.3 is 6.18 Å². The molecule has 26 heavy (non-hydrogen) atoms. The van der Waals surface area contributed by atoms with Crippen molar-refractivity contribution in [2.75, 3.05) is 31.1 Å². The zero-order chi connectivity index (χ0) is 17.8. The van der Waals surface area contributed by atoms with Gasteiger partial charge in [0.1, 0.15) is 11.6 Å². The molecule has 0 aliphatic carbocycles. The Morgan fingerprint density at radius 2 is 1.81 bits per heavy atom. The number of hydrogen-bond donors (Lipinski definition) is 1. The standard InChI is InChI=1S/C15H14F4N6.ClH/c1-8-21-13-9-6-10(15(17,18)19)11(16)7-12(9)22-14(25(13)23-8)24-4-2-20-3-5-24;/h6-7,20H,2-5H2,1H3;1H. The smallest absolute Gasteiger partial charge is 0.338 e. The van der Waals surface area contributed by atoms with E-state index < -0.39 is 17.6 Å². The summed E-state index contributed by atoms with van der Waals surface area (Å²) in [7, 11) is 0. The predicted octanol–water partition coefficient (Wildman–Crippen LogP) is 2.58. The summed E-state index contributed by atoms with van der Waals surface area (Å²) in [4.78, 5) is 10.6. The number of halogens is 5. The second-order valence-corrected chi connectivity index (χ2v) is 5.89. The van der Waals surface area contributed by atoms with E-state index in [-0.39, 0.29) is 29.0 Å². The largest absolute Gasteiger partial charge is 0.419 e. The molecule has 1 aromatic carbocycles. The first-order chi connectivity index (χ1) is 11.8. The third-order valence-electron chi connectivity index (χ3n) is 4.15. The molecule has 3 heterocycles. The van der Waals surface area contributed by atoms with Gasteiger partial charge in [-0.15, -0.1) is 17.5 Å². The molecular weight excluding hydrogens is 376 g/mol. The molecule has 0 bridgehead atoms. The Hall–Kier alpha value is -2.20. The summed E-state index contributed by atoms with van der Waals surface area (Å²) in [5, 5.41) is 7.59. The average Bonchev–Trinajstić information content (AvgIpc) is 2.94. The van der Waals surface area contributed by atoms with Crippen LogP contribution in [0.15, 0.2) is 12.1 Å². The fourth-order valence-electron chi connectivity index (χ4n) is 3.01. The molecule has 0 amide bonds. The van der Waals surface area contributed by atoms with Crippen LogP contribution in [0.3, 0.4) is 0 Å². The molecule has 1 aliphatic rings. The molecule has 140 valence electrons. The van der Waals surface area contributed by atoms with Gasteiger partial charge in [0, 0.05) is 37.6 Å². The van der Waals surface area contributed by atoms with Gasteiger partial charge in [0.2, 0.25) is 5.95 Å². The monoisotopic (exact) mass is 390 g/mol. The third kappa shape index (κ3) is 3.03. The van der Waals surface area contributed by atoms with Crippen molar-refractivity contribution in [2.45, 2.75) is 13.1 Å². The summed E-state index contributed by atoms with van der Waals surface area (Å²) in [6, 6.07) is 1.57. The summed E-state index contributed by atoms with van der Waals surface area (Å²) < 4.78 is 54.5. The zero-order valence-corrected chi connectivity index (χ0v) is 14.5. The SMILES string of the molecule is Cc1nc2c3cc(C(F)(F)F)c(F)cc3nc(N3CCNCC3)n2n1.Cl.